The Kier molecular flexibility index (Phi) is 4.69. The number of benzene rings is 2. The van der Waals surface area contributed by atoms with Crippen molar-refractivity contribution in [3.05, 3.63) is 59.7 Å². The summed E-state index contributed by atoms with van der Waals surface area (Å²) in [5.41, 5.74) is 1.21. The van der Waals surface area contributed by atoms with Crippen molar-refractivity contribution < 1.29 is 17.9 Å². The maximum absolute atomic E-state index is 12.7. The quantitative estimate of drug-likeness (QED) is 0.769. The lowest BCUT2D eigenvalue weighted by Crippen LogP contribution is -2.36. The van der Waals surface area contributed by atoms with E-state index in [0.29, 0.717) is 13.2 Å². The van der Waals surface area contributed by atoms with Crippen LogP contribution in [0.4, 0.5) is 0 Å². The van der Waals surface area contributed by atoms with Crippen molar-refractivity contribution in [1.82, 2.24) is 4.31 Å². The zero-order valence-corrected chi connectivity index (χ0v) is 16.3. The highest BCUT2D eigenvalue weighted by molar-refractivity contribution is 8.15. The van der Waals surface area contributed by atoms with Crippen LogP contribution >= 0.6 is 11.8 Å². The number of thioether (sulfide) groups is 1. The average Bonchev–Trinajstić information content (AvgIpc) is 3.21. The van der Waals surface area contributed by atoms with E-state index in [1.54, 1.807) is 18.2 Å². The van der Waals surface area contributed by atoms with E-state index in [-0.39, 0.29) is 22.3 Å². The molecule has 8 heteroatoms. The van der Waals surface area contributed by atoms with Gasteiger partial charge in [-0.1, -0.05) is 23.9 Å². The first-order valence-corrected chi connectivity index (χ1v) is 10.9. The second-order valence-electron chi connectivity index (χ2n) is 6.18. The van der Waals surface area contributed by atoms with Crippen LogP contribution in [0.2, 0.25) is 0 Å². The second kappa shape index (κ2) is 7.01. The highest BCUT2D eigenvalue weighted by Gasteiger charge is 2.42. The molecule has 2 aromatic rings. The second-order valence-corrected chi connectivity index (χ2v) is 9.30. The van der Waals surface area contributed by atoms with Crippen molar-refractivity contribution in [3.63, 3.8) is 0 Å². The molecule has 2 aliphatic rings. The molecule has 1 atom stereocenters. The van der Waals surface area contributed by atoms with Gasteiger partial charge in [-0.2, -0.15) is 0 Å². The van der Waals surface area contributed by atoms with Gasteiger partial charge in [0.15, 0.2) is 0 Å². The van der Waals surface area contributed by atoms with Crippen LogP contribution in [0.15, 0.2) is 58.4 Å². The Morgan fingerprint density at radius 1 is 1.19 bits per heavy atom. The summed E-state index contributed by atoms with van der Waals surface area (Å²) in [7, 11) is -3.77. The molecule has 0 aromatic heterocycles. The molecule has 0 saturated carbocycles. The number of nitrogens with zero attached hydrogens (tertiary/aromatic N) is 2. The summed E-state index contributed by atoms with van der Waals surface area (Å²) < 4.78 is 31.8. The third kappa shape index (κ3) is 3.23. The van der Waals surface area contributed by atoms with E-state index >= 15 is 0 Å². The molecule has 0 fully saturated rings. The summed E-state index contributed by atoms with van der Waals surface area (Å²) in [5, 5.41) is 0.754. The summed E-state index contributed by atoms with van der Waals surface area (Å²) in [5.74, 6) is 0.341. The van der Waals surface area contributed by atoms with Crippen molar-refractivity contribution in [2.75, 3.05) is 19.7 Å². The lowest BCUT2D eigenvalue weighted by Gasteiger charge is -2.18. The smallest absolute Gasteiger partial charge is 0.269 e. The highest BCUT2D eigenvalue weighted by atomic mass is 32.2. The van der Waals surface area contributed by atoms with Gasteiger partial charge in [-0.3, -0.25) is 9.79 Å². The molecule has 2 heterocycles. The minimum absolute atomic E-state index is 0.0886. The number of fused-ring (bicyclic) bond motifs is 1. The van der Waals surface area contributed by atoms with Crippen LogP contribution in [0.5, 0.6) is 5.75 Å². The summed E-state index contributed by atoms with van der Waals surface area (Å²) in [6.45, 7) is 3.13. The average molecular weight is 402 g/mol. The fourth-order valence-corrected chi connectivity index (χ4v) is 5.95. The van der Waals surface area contributed by atoms with Gasteiger partial charge in [0.05, 0.1) is 30.3 Å². The van der Waals surface area contributed by atoms with Gasteiger partial charge in [0.2, 0.25) is 0 Å². The molecule has 0 N–H and O–H groups in total. The minimum atomic E-state index is -3.77. The van der Waals surface area contributed by atoms with E-state index < -0.39 is 15.9 Å². The van der Waals surface area contributed by atoms with Gasteiger partial charge in [-0.05, 0) is 43.3 Å². The number of aliphatic imine (C=N–C) groups is 1. The SMILES string of the molecule is CCOc1ccc(C2=NC[C@@H](CN3C(=O)c4ccccc4S3(=O)=O)S2)cc1. The van der Waals surface area contributed by atoms with Gasteiger partial charge in [0.1, 0.15) is 10.6 Å². The fraction of sp³-hybridized carbons (Fsp3) is 0.263. The van der Waals surface area contributed by atoms with Crippen LogP contribution in [0.3, 0.4) is 0 Å². The van der Waals surface area contributed by atoms with Crippen molar-refractivity contribution in [2.24, 2.45) is 4.99 Å². The Bertz CT molecular complexity index is 1020. The number of amides is 1. The molecule has 0 aliphatic carbocycles. The lowest BCUT2D eigenvalue weighted by molar-refractivity contribution is 0.0872. The third-order valence-corrected chi connectivity index (χ3v) is 7.44. The van der Waals surface area contributed by atoms with E-state index in [1.807, 2.05) is 31.2 Å². The zero-order valence-electron chi connectivity index (χ0n) is 14.7. The Morgan fingerprint density at radius 2 is 1.93 bits per heavy atom. The van der Waals surface area contributed by atoms with E-state index in [9.17, 15) is 13.2 Å². The molecular weight excluding hydrogens is 384 g/mol. The number of hydrogen-bond acceptors (Lipinski definition) is 6. The summed E-state index contributed by atoms with van der Waals surface area (Å²) in [6, 6.07) is 14.0. The van der Waals surface area contributed by atoms with Crippen LogP contribution in [-0.2, 0) is 10.0 Å². The van der Waals surface area contributed by atoms with Crippen LogP contribution < -0.4 is 4.74 Å². The van der Waals surface area contributed by atoms with Crippen LogP contribution in [0, 0.1) is 0 Å². The highest BCUT2D eigenvalue weighted by Crippen LogP contribution is 2.33. The molecule has 0 unspecified atom stereocenters. The molecule has 0 bridgehead atoms. The predicted octanol–water partition coefficient (Wildman–Crippen LogP) is 2.79. The number of rotatable bonds is 5. The van der Waals surface area contributed by atoms with E-state index in [1.165, 1.54) is 17.8 Å². The molecule has 0 spiro atoms. The molecule has 6 nitrogen and oxygen atoms in total. The standard InChI is InChI=1S/C19H18N2O4S2/c1-2-25-14-9-7-13(8-10-14)18-20-11-15(26-18)12-21-19(22)16-5-3-4-6-17(16)27(21,23)24/h3-10,15H,2,11-12H2,1H3/t15-/m0/s1. The summed E-state index contributed by atoms with van der Waals surface area (Å²) in [4.78, 5) is 17.2. The molecule has 1 amide bonds. The van der Waals surface area contributed by atoms with E-state index in [4.69, 9.17) is 4.74 Å². The van der Waals surface area contributed by atoms with Gasteiger partial charge in [-0.15, -0.1) is 0 Å². The molecule has 4 rings (SSSR count). The van der Waals surface area contributed by atoms with Crippen molar-refractivity contribution in [2.45, 2.75) is 17.1 Å². The van der Waals surface area contributed by atoms with Gasteiger partial charge in [0.25, 0.3) is 15.9 Å². The first-order valence-electron chi connectivity index (χ1n) is 8.61. The predicted molar refractivity (Wildman–Crippen MR) is 105 cm³/mol. The molecule has 0 saturated heterocycles. The lowest BCUT2D eigenvalue weighted by atomic mass is 10.2. The van der Waals surface area contributed by atoms with Gasteiger partial charge in [-0.25, -0.2) is 12.7 Å². The number of hydrogen-bond donors (Lipinski definition) is 0. The van der Waals surface area contributed by atoms with Crippen molar-refractivity contribution in [1.29, 1.82) is 0 Å². The number of carbonyl (C=O) groups is 1. The summed E-state index contributed by atoms with van der Waals surface area (Å²) in [6.07, 6.45) is 0. The Hall–Kier alpha value is -2.32. The monoisotopic (exact) mass is 402 g/mol. The molecule has 2 aliphatic heterocycles. The fourth-order valence-electron chi connectivity index (χ4n) is 3.13. The van der Waals surface area contributed by atoms with Gasteiger partial charge < -0.3 is 4.74 Å². The van der Waals surface area contributed by atoms with E-state index in [0.717, 1.165) is 20.7 Å². The number of carbonyl (C=O) groups excluding carboxylic acids is 1. The molecule has 0 radical (unpaired) electrons. The largest absolute Gasteiger partial charge is 0.494 e. The Morgan fingerprint density at radius 3 is 2.63 bits per heavy atom. The Labute approximate surface area is 162 Å². The van der Waals surface area contributed by atoms with Crippen LogP contribution in [-0.4, -0.2) is 48.6 Å². The normalized spacial score (nSPS) is 20.5. The first-order chi connectivity index (χ1) is 13.0. The molecular formula is C19H18N2O4S2. The van der Waals surface area contributed by atoms with Crippen LogP contribution in [0.25, 0.3) is 0 Å². The maximum atomic E-state index is 12.7. The van der Waals surface area contributed by atoms with Crippen molar-refractivity contribution in [3.8, 4) is 5.75 Å². The topological polar surface area (TPSA) is 76.0 Å². The van der Waals surface area contributed by atoms with Gasteiger partial charge >= 0.3 is 0 Å². The maximum Gasteiger partial charge on any atom is 0.269 e. The molecule has 2 aromatic carbocycles. The molecule has 27 heavy (non-hydrogen) atoms. The van der Waals surface area contributed by atoms with Crippen LogP contribution in [0.1, 0.15) is 22.8 Å². The Balaban J connectivity index is 1.46. The first kappa shape index (κ1) is 18.1. The zero-order chi connectivity index (χ0) is 19.0. The number of ether oxygens (including phenoxy) is 1. The summed E-state index contributed by atoms with van der Waals surface area (Å²) >= 11 is 1.50. The minimum Gasteiger partial charge on any atom is -0.494 e. The van der Waals surface area contributed by atoms with Gasteiger partial charge in [0, 0.05) is 10.8 Å². The van der Waals surface area contributed by atoms with E-state index in [2.05, 4.69) is 4.99 Å². The molecule has 140 valence electrons. The van der Waals surface area contributed by atoms with Crippen molar-refractivity contribution >= 4 is 32.7 Å². The number of sulfonamides is 1. The third-order valence-electron chi connectivity index (χ3n) is 4.41.